The number of rotatable bonds is 1. The van der Waals surface area contributed by atoms with Gasteiger partial charge in [0.2, 0.25) is 0 Å². The van der Waals surface area contributed by atoms with Crippen LogP contribution in [-0.4, -0.2) is 10.1 Å². The molecule has 0 saturated heterocycles. The van der Waals surface area contributed by atoms with Crippen molar-refractivity contribution < 1.29 is 5.11 Å². The highest BCUT2D eigenvalue weighted by molar-refractivity contribution is 5.29. The summed E-state index contributed by atoms with van der Waals surface area (Å²) in [6, 6.07) is 1.99. The molecule has 1 aromatic heterocycles. The van der Waals surface area contributed by atoms with Crippen molar-refractivity contribution in [1.29, 1.82) is 0 Å². The lowest BCUT2D eigenvalue weighted by Gasteiger charge is -2.41. The monoisotopic (exact) mass is 219 g/mol. The zero-order valence-corrected chi connectivity index (χ0v) is 10.4. The van der Waals surface area contributed by atoms with Gasteiger partial charge in [-0.15, -0.1) is 0 Å². The smallest absolute Gasteiger partial charge is 0.0941 e. The Balaban J connectivity index is 2.40. The molecule has 3 unspecified atom stereocenters. The highest BCUT2D eigenvalue weighted by Gasteiger charge is 2.41. The molecule has 1 aliphatic rings. The standard InChI is InChI=1S/C14H21NO/c1-10-4-5-12(3)14(16,8-10)13-9-15-7-6-11(13)2/h6-7,9-10,12,16H,4-5,8H2,1-3H3. The van der Waals surface area contributed by atoms with Gasteiger partial charge in [0.25, 0.3) is 0 Å². The van der Waals surface area contributed by atoms with Gasteiger partial charge in [0, 0.05) is 18.0 Å². The van der Waals surface area contributed by atoms with E-state index in [4.69, 9.17) is 0 Å². The SMILES string of the molecule is Cc1ccncc1C1(O)CC(C)CCC1C. The molecule has 2 nitrogen and oxygen atoms in total. The lowest BCUT2D eigenvalue weighted by atomic mass is 9.68. The molecule has 1 aliphatic carbocycles. The number of hydrogen-bond acceptors (Lipinski definition) is 2. The summed E-state index contributed by atoms with van der Waals surface area (Å²) in [6.07, 6.45) is 6.82. The molecule has 1 aromatic rings. The predicted molar refractivity (Wildman–Crippen MR) is 65.0 cm³/mol. The van der Waals surface area contributed by atoms with E-state index in [1.54, 1.807) is 6.20 Å². The summed E-state index contributed by atoms with van der Waals surface area (Å²) in [7, 11) is 0. The van der Waals surface area contributed by atoms with E-state index in [-0.39, 0.29) is 0 Å². The lowest BCUT2D eigenvalue weighted by Crippen LogP contribution is -2.39. The minimum atomic E-state index is -0.671. The third-order valence-electron chi connectivity index (χ3n) is 4.07. The normalized spacial score (nSPS) is 35.0. The Bertz CT molecular complexity index is 377. The molecule has 0 amide bonds. The minimum absolute atomic E-state index is 0.326. The van der Waals surface area contributed by atoms with Crippen molar-refractivity contribution in [3.63, 3.8) is 0 Å². The highest BCUT2D eigenvalue weighted by Crippen LogP contribution is 2.44. The Hall–Kier alpha value is -0.890. The van der Waals surface area contributed by atoms with E-state index < -0.39 is 5.60 Å². The van der Waals surface area contributed by atoms with Gasteiger partial charge in [-0.3, -0.25) is 4.98 Å². The van der Waals surface area contributed by atoms with Crippen LogP contribution in [0.1, 0.15) is 44.2 Å². The fourth-order valence-corrected chi connectivity index (χ4v) is 2.90. The quantitative estimate of drug-likeness (QED) is 0.787. The van der Waals surface area contributed by atoms with Crippen LogP contribution in [0, 0.1) is 18.8 Å². The fraction of sp³-hybridized carbons (Fsp3) is 0.643. The molecule has 2 rings (SSSR count). The summed E-state index contributed by atoms with van der Waals surface area (Å²) in [5.74, 6) is 0.924. The number of nitrogens with zero attached hydrogens (tertiary/aromatic N) is 1. The third-order valence-corrected chi connectivity index (χ3v) is 4.07. The van der Waals surface area contributed by atoms with Crippen LogP contribution in [0.15, 0.2) is 18.5 Å². The Morgan fingerprint density at radius 1 is 1.38 bits per heavy atom. The summed E-state index contributed by atoms with van der Waals surface area (Å²) in [4.78, 5) is 4.17. The molecular formula is C14H21NO. The van der Waals surface area contributed by atoms with Crippen LogP contribution >= 0.6 is 0 Å². The highest BCUT2D eigenvalue weighted by atomic mass is 16.3. The lowest BCUT2D eigenvalue weighted by molar-refractivity contribution is -0.0634. The predicted octanol–water partition coefficient (Wildman–Crippen LogP) is 3.03. The summed E-state index contributed by atoms with van der Waals surface area (Å²) in [5, 5.41) is 10.9. The second kappa shape index (κ2) is 4.17. The van der Waals surface area contributed by atoms with Crippen molar-refractivity contribution >= 4 is 0 Å². The van der Waals surface area contributed by atoms with Gasteiger partial charge in [0.1, 0.15) is 0 Å². The summed E-state index contributed by atoms with van der Waals surface area (Å²) >= 11 is 0. The molecule has 1 fully saturated rings. The van der Waals surface area contributed by atoms with Crippen LogP contribution in [0.2, 0.25) is 0 Å². The van der Waals surface area contributed by atoms with Gasteiger partial charge in [-0.2, -0.15) is 0 Å². The summed E-state index contributed by atoms with van der Waals surface area (Å²) < 4.78 is 0. The van der Waals surface area contributed by atoms with Gasteiger partial charge >= 0.3 is 0 Å². The van der Waals surface area contributed by atoms with Gasteiger partial charge in [-0.05, 0) is 43.2 Å². The molecule has 16 heavy (non-hydrogen) atoms. The average molecular weight is 219 g/mol. The Morgan fingerprint density at radius 3 is 2.81 bits per heavy atom. The second-order valence-corrected chi connectivity index (χ2v) is 5.40. The van der Waals surface area contributed by atoms with E-state index in [0.29, 0.717) is 11.8 Å². The Kier molecular flexibility index (Phi) is 3.02. The van der Waals surface area contributed by atoms with Crippen LogP contribution in [0.4, 0.5) is 0 Å². The molecule has 1 saturated carbocycles. The maximum atomic E-state index is 10.9. The minimum Gasteiger partial charge on any atom is -0.385 e. The topological polar surface area (TPSA) is 33.1 Å². The van der Waals surface area contributed by atoms with Crippen molar-refractivity contribution in [2.24, 2.45) is 11.8 Å². The van der Waals surface area contributed by atoms with Gasteiger partial charge < -0.3 is 5.11 Å². The van der Waals surface area contributed by atoms with Crippen molar-refractivity contribution in [1.82, 2.24) is 4.98 Å². The van der Waals surface area contributed by atoms with E-state index >= 15 is 0 Å². The van der Waals surface area contributed by atoms with E-state index in [9.17, 15) is 5.11 Å². The number of aromatic nitrogens is 1. The largest absolute Gasteiger partial charge is 0.385 e. The average Bonchev–Trinajstić information content (AvgIpc) is 2.24. The molecule has 3 atom stereocenters. The number of pyridine rings is 1. The Morgan fingerprint density at radius 2 is 2.12 bits per heavy atom. The molecule has 1 N–H and O–H groups in total. The van der Waals surface area contributed by atoms with Crippen LogP contribution in [-0.2, 0) is 5.60 Å². The number of hydrogen-bond donors (Lipinski definition) is 1. The molecular weight excluding hydrogens is 198 g/mol. The van der Waals surface area contributed by atoms with Gasteiger partial charge in [0.05, 0.1) is 5.60 Å². The maximum absolute atomic E-state index is 10.9. The van der Waals surface area contributed by atoms with E-state index in [1.165, 1.54) is 6.42 Å². The van der Waals surface area contributed by atoms with Crippen LogP contribution < -0.4 is 0 Å². The molecule has 0 spiro atoms. The number of aliphatic hydroxyl groups is 1. The van der Waals surface area contributed by atoms with Gasteiger partial charge in [0.15, 0.2) is 0 Å². The molecule has 1 heterocycles. The van der Waals surface area contributed by atoms with Crippen molar-refractivity contribution in [2.75, 3.05) is 0 Å². The van der Waals surface area contributed by atoms with Crippen molar-refractivity contribution in [2.45, 2.75) is 45.6 Å². The van der Waals surface area contributed by atoms with Gasteiger partial charge in [-0.1, -0.05) is 20.3 Å². The molecule has 0 bridgehead atoms. The molecule has 0 aliphatic heterocycles. The summed E-state index contributed by atoms with van der Waals surface area (Å²) in [6.45, 7) is 6.43. The molecule has 0 radical (unpaired) electrons. The molecule has 0 aromatic carbocycles. The molecule has 2 heteroatoms. The van der Waals surface area contributed by atoms with E-state index in [1.807, 2.05) is 12.3 Å². The Labute approximate surface area is 97.7 Å². The van der Waals surface area contributed by atoms with Crippen molar-refractivity contribution in [3.05, 3.63) is 29.6 Å². The van der Waals surface area contributed by atoms with Crippen LogP contribution in [0.3, 0.4) is 0 Å². The number of aryl methyl sites for hydroxylation is 1. The van der Waals surface area contributed by atoms with Gasteiger partial charge in [-0.25, -0.2) is 0 Å². The van der Waals surface area contributed by atoms with Crippen LogP contribution in [0.25, 0.3) is 0 Å². The first kappa shape index (κ1) is 11.6. The zero-order chi connectivity index (χ0) is 11.8. The summed E-state index contributed by atoms with van der Waals surface area (Å²) in [5.41, 5.74) is 1.50. The maximum Gasteiger partial charge on any atom is 0.0941 e. The van der Waals surface area contributed by atoms with E-state index in [2.05, 4.69) is 25.8 Å². The first-order chi connectivity index (χ1) is 7.54. The first-order valence-electron chi connectivity index (χ1n) is 6.17. The zero-order valence-electron chi connectivity index (χ0n) is 10.4. The second-order valence-electron chi connectivity index (χ2n) is 5.40. The third kappa shape index (κ3) is 1.86. The fourth-order valence-electron chi connectivity index (χ4n) is 2.90. The van der Waals surface area contributed by atoms with Crippen LogP contribution in [0.5, 0.6) is 0 Å². The molecule has 88 valence electrons. The van der Waals surface area contributed by atoms with Crippen molar-refractivity contribution in [3.8, 4) is 0 Å². The first-order valence-corrected chi connectivity index (χ1v) is 6.17. The van der Waals surface area contributed by atoms with E-state index in [0.717, 1.165) is 24.0 Å².